The van der Waals surface area contributed by atoms with Crippen molar-refractivity contribution in [1.82, 2.24) is 0 Å². The number of rotatable bonds is 14. The fourth-order valence-electron chi connectivity index (χ4n) is 4.64. The fourth-order valence-corrected chi connectivity index (χ4v) is 7.37. The Hall–Kier alpha value is -0.326. The van der Waals surface area contributed by atoms with Gasteiger partial charge in [0.15, 0.2) is 0 Å². The van der Waals surface area contributed by atoms with E-state index >= 15 is 0 Å². The normalized spacial score (nSPS) is 17.0. The van der Waals surface area contributed by atoms with Gasteiger partial charge in [0, 0.05) is 0 Å². The van der Waals surface area contributed by atoms with Crippen molar-refractivity contribution < 1.29 is 19.2 Å². The molecule has 150 valence electrons. The first-order valence-electron chi connectivity index (χ1n) is 11.8. The molecule has 0 radical (unpaired) electrons. The zero-order valence-corrected chi connectivity index (χ0v) is 20.1. The SMILES string of the molecule is CCCCCCC1=CC[C]([Ti][C]2=C(CC)C(CCCCCC)=CC2)=C1CC. The van der Waals surface area contributed by atoms with Crippen LogP contribution in [-0.2, 0) is 19.2 Å². The molecular weight excluding hydrogens is 360 g/mol. The first-order valence-corrected chi connectivity index (χ1v) is 13.4. The summed E-state index contributed by atoms with van der Waals surface area (Å²) in [6.07, 6.45) is 24.0. The number of hydrogen-bond acceptors (Lipinski definition) is 0. The van der Waals surface area contributed by atoms with Gasteiger partial charge in [0.05, 0.1) is 0 Å². The van der Waals surface area contributed by atoms with Gasteiger partial charge in [0.2, 0.25) is 0 Å². The van der Waals surface area contributed by atoms with Crippen molar-refractivity contribution in [3.05, 3.63) is 42.2 Å². The van der Waals surface area contributed by atoms with Crippen molar-refractivity contribution in [2.24, 2.45) is 0 Å². The molecule has 0 aromatic carbocycles. The van der Waals surface area contributed by atoms with Crippen LogP contribution in [0.2, 0.25) is 0 Å². The zero-order valence-electron chi connectivity index (χ0n) is 18.6. The molecule has 2 aliphatic carbocycles. The van der Waals surface area contributed by atoms with Gasteiger partial charge in [-0.15, -0.1) is 0 Å². The molecule has 2 rings (SSSR count). The Kier molecular flexibility index (Phi) is 11.1. The van der Waals surface area contributed by atoms with Crippen LogP contribution in [0.15, 0.2) is 42.2 Å². The number of allylic oxidation sites excluding steroid dienone is 8. The van der Waals surface area contributed by atoms with E-state index < -0.39 is 0 Å². The topological polar surface area (TPSA) is 0 Å². The van der Waals surface area contributed by atoms with Crippen molar-refractivity contribution in [2.45, 2.75) is 118 Å². The quantitative estimate of drug-likeness (QED) is 0.201. The molecule has 2 aliphatic rings. The summed E-state index contributed by atoms with van der Waals surface area (Å²) in [5.41, 5.74) is 6.98. The molecule has 0 aromatic rings. The molecule has 0 bridgehead atoms. The molecule has 0 amide bonds. The summed E-state index contributed by atoms with van der Waals surface area (Å²) in [6, 6.07) is 0. The second kappa shape index (κ2) is 13.0. The van der Waals surface area contributed by atoms with Gasteiger partial charge in [-0.05, 0) is 0 Å². The summed E-state index contributed by atoms with van der Waals surface area (Å²) in [4.78, 5) is 0. The minimum absolute atomic E-state index is 0.0796. The van der Waals surface area contributed by atoms with Gasteiger partial charge in [-0.1, -0.05) is 0 Å². The molecule has 0 heterocycles. The van der Waals surface area contributed by atoms with Gasteiger partial charge in [-0.3, -0.25) is 0 Å². The first-order chi connectivity index (χ1) is 13.2. The predicted molar refractivity (Wildman–Crippen MR) is 118 cm³/mol. The van der Waals surface area contributed by atoms with E-state index in [1.807, 2.05) is 7.76 Å². The van der Waals surface area contributed by atoms with Crippen LogP contribution < -0.4 is 0 Å². The maximum absolute atomic E-state index is 2.59. The Morgan fingerprint density at radius 3 is 1.44 bits per heavy atom. The van der Waals surface area contributed by atoms with Crippen LogP contribution in [0.4, 0.5) is 0 Å². The summed E-state index contributed by atoms with van der Waals surface area (Å²) in [6.45, 7) is 9.38. The minimum atomic E-state index is -0.0796. The third kappa shape index (κ3) is 6.90. The van der Waals surface area contributed by atoms with E-state index in [1.165, 1.54) is 89.9 Å². The average molecular weight is 402 g/mol. The van der Waals surface area contributed by atoms with Gasteiger partial charge in [-0.25, -0.2) is 0 Å². The van der Waals surface area contributed by atoms with Crippen molar-refractivity contribution in [1.29, 1.82) is 0 Å². The molecule has 0 saturated heterocycles. The summed E-state index contributed by atoms with van der Waals surface area (Å²) in [7, 11) is 0. The van der Waals surface area contributed by atoms with E-state index in [9.17, 15) is 0 Å². The monoisotopic (exact) mass is 402 g/mol. The standard InChI is InChI=1S/2C13H21.Ti/c2*1-3-5-6-7-9-13-11-8-10-12(13)4-2;/h2*11H,3-9H2,1-2H3;. The fraction of sp³-hybridized carbons (Fsp3) is 0.692. The third-order valence-corrected chi connectivity index (χ3v) is 8.74. The van der Waals surface area contributed by atoms with E-state index in [0.717, 1.165) is 0 Å². The molecule has 0 aliphatic heterocycles. The van der Waals surface area contributed by atoms with Crippen LogP contribution >= 0.6 is 0 Å². The Bertz CT molecular complexity index is 533. The summed E-state index contributed by atoms with van der Waals surface area (Å²) in [5, 5.41) is 0. The molecule has 0 unspecified atom stereocenters. The number of hydrogen-bond donors (Lipinski definition) is 0. The van der Waals surface area contributed by atoms with Gasteiger partial charge in [-0.2, -0.15) is 0 Å². The second-order valence-corrected chi connectivity index (χ2v) is 10.5. The zero-order chi connectivity index (χ0) is 19.5. The molecular formula is C26H42Ti. The second-order valence-electron chi connectivity index (χ2n) is 8.23. The Labute approximate surface area is 178 Å². The molecule has 1 heteroatoms. The van der Waals surface area contributed by atoms with E-state index in [4.69, 9.17) is 0 Å². The van der Waals surface area contributed by atoms with Crippen LogP contribution in [0.5, 0.6) is 0 Å². The molecule has 0 nitrogen and oxygen atoms in total. The molecule has 0 saturated carbocycles. The van der Waals surface area contributed by atoms with E-state index in [0.29, 0.717) is 0 Å². The maximum atomic E-state index is 2.59. The summed E-state index contributed by atoms with van der Waals surface area (Å²) >= 11 is -0.0796. The predicted octanol–water partition coefficient (Wildman–Crippen LogP) is 9.00. The van der Waals surface area contributed by atoms with Crippen molar-refractivity contribution in [3.63, 3.8) is 0 Å². The average Bonchev–Trinajstić information content (AvgIpc) is 3.25. The van der Waals surface area contributed by atoms with Gasteiger partial charge < -0.3 is 0 Å². The van der Waals surface area contributed by atoms with E-state index in [-0.39, 0.29) is 19.2 Å². The Morgan fingerprint density at radius 2 is 1.07 bits per heavy atom. The van der Waals surface area contributed by atoms with E-state index in [2.05, 4.69) is 39.8 Å². The van der Waals surface area contributed by atoms with Crippen molar-refractivity contribution in [3.8, 4) is 0 Å². The first kappa shape index (κ1) is 23.0. The summed E-state index contributed by atoms with van der Waals surface area (Å²) in [5.74, 6) is 0. The van der Waals surface area contributed by atoms with Crippen LogP contribution in [0.25, 0.3) is 0 Å². The van der Waals surface area contributed by atoms with Crippen LogP contribution in [-0.4, -0.2) is 0 Å². The van der Waals surface area contributed by atoms with Crippen LogP contribution in [0, 0.1) is 0 Å². The number of unbranched alkanes of at least 4 members (excludes halogenated alkanes) is 6. The van der Waals surface area contributed by atoms with Crippen molar-refractivity contribution in [2.75, 3.05) is 0 Å². The van der Waals surface area contributed by atoms with Crippen molar-refractivity contribution >= 4 is 0 Å². The summed E-state index contributed by atoms with van der Waals surface area (Å²) < 4.78 is 3.73. The van der Waals surface area contributed by atoms with Crippen LogP contribution in [0.3, 0.4) is 0 Å². The molecule has 0 aromatic heterocycles. The van der Waals surface area contributed by atoms with Gasteiger partial charge in [0.25, 0.3) is 0 Å². The van der Waals surface area contributed by atoms with Gasteiger partial charge >= 0.3 is 179 Å². The Morgan fingerprint density at radius 1 is 0.630 bits per heavy atom. The van der Waals surface area contributed by atoms with E-state index in [1.54, 1.807) is 22.3 Å². The molecule has 0 N–H and O–H groups in total. The van der Waals surface area contributed by atoms with Crippen LogP contribution in [0.1, 0.15) is 118 Å². The molecule has 0 spiro atoms. The third-order valence-electron chi connectivity index (χ3n) is 6.22. The molecule has 0 atom stereocenters. The molecule has 27 heavy (non-hydrogen) atoms. The van der Waals surface area contributed by atoms with Gasteiger partial charge in [0.1, 0.15) is 0 Å². The Balaban J connectivity index is 1.96. The molecule has 0 fully saturated rings.